The molecule has 5 heteroatoms. The van der Waals surface area contributed by atoms with Gasteiger partial charge in [0.2, 0.25) is 0 Å². The molecule has 3 rings (SSSR count). The van der Waals surface area contributed by atoms with Crippen LogP contribution in [-0.4, -0.2) is 49.7 Å². The van der Waals surface area contributed by atoms with Crippen LogP contribution in [0.5, 0.6) is 0 Å². The Morgan fingerprint density at radius 2 is 0.984 bits per heavy atom. The lowest BCUT2D eigenvalue weighted by Crippen LogP contribution is -2.28. The van der Waals surface area contributed by atoms with Gasteiger partial charge in [0.25, 0.3) is 0 Å². The van der Waals surface area contributed by atoms with Gasteiger partial charge >= 0.3 is 11.9 Å². The molecule has 0 spiro atoms. The van der Waals surface area contributed by atoms with Crippen molar-refractivity contribution in [2.24, 2.45) is 35.5 Å². The van der Waals surface area contributed by atoms with Crippen molar-refractivity contribution in [3.63, 3.8) is 0 Å². The van der Waals surface area contributed by atoms with Gasteiger partial charge in [0, 0.05) is 18.9 Å². The van der Waals surface area contributed by atoms with E-state index in [1.807, 2.05) is 19.0 Å². The second-order valence-corrected chi connectivity index (χ2v) is 21.0. The van der Waals surface area contributed by atoms with Crippen molar-refractivity contribution in [1.29, 1.82) is 0 Å². The van der Waals surface area contributed by atoms with Gasteiger partial charge in [-0.3, -0.25) is 9.59 Å². The number of allylic oxidation sites excluding steroid dienone is 2. The molecule has 3 aliphatic carbocycles. The van der Waals surface area contributed by atoms with Crippen molar-refractivity contribution in [1.82, 2.24) is 4.90 Å². The Labute approximate surface area is 379 Å². The quantitative estimate of drug-likeness (QED) is 0.0348. The molecule has 3 saturated carbocycles. The highest BCUT2D eigenvalue weighted by Crippen LogP contribution is 2.47. The van der Waals surface area contributed by atoms with E-state index < -0.39 is 0 Å². The lowest BCUT2D eigenvalue weighted by molar-refractivity contribution is -0.152. The first-order chi connectivity index (χ1) is 29.8. The summed E-state index contributed by atoms with van der Waals surface area (Å²) in [5, 5.41) is 0. The Bertz CT molecular complexity index is 1060. The summed E-state index contributed by atoms with van der Waals surface area (Å²) in [5.74, 6) is 4.46. The van der Waals surface area contributed by atoms with Gasteiger partial charge in [0.05, 0.1) is 6.42 Å². The zero-order valence-corrected chi connectivity index (χ0v) is 41.4. The normalized spacial score (nSPS) is 23.9. The van der Waals surface area contributed by atoms with Crippen molar-refractivity contribution in [2.75, 3.05) is 20.6 Å². The largest absolute Gasteiger partial charge is 0.462 e. The van der Waals surface area contributed by atoms with Crippen LogP contribution in [0.25, 0.3) is 0 Å². The number of nitrogens with zero attached hydrogens (tertiary/aromatic N) is 1. The van der Waals surface area contributed by atoms with E-state index in [1.165, 1.54) is 193 Å². The van der Waals surface area contributed by atoms with Gasteiger partial charge in [-0.25, -0.2) is 0 Å². The molecule has 0 N–H and O–H groups in total. The molecule has 0 amide bonds. The van der Waals surface area contributed by atoms with Crippen LogP contribution in [0.3, 0.4) is 0 Å². The number of ether oxygens (including phenoxy) is 2. The van der Waals surface area contributed by atoms with Crippen LogP contribution in [0.4, 0.5) is 0 Å². The molecule has 0 bridgehead atoms. The van der Waals surface area contributed by atoms with E-state index in [0.717, 1.165) is 62.2 Å². The molecule has 3 fully saturated rings. The fraction of sp³-hybridized carbons (Fsp3) is 0.929. The lowest BCUT2D eigenvalue weighted by Gasteiger charge is -2.25. The van der Waals surface area contributed by atoms with Gasteiger partial charge in [0.1, 0.15) is 12.2 Å². The van der Waals surface area contributed by atoms with Gasteiger partial charge in [-0.05, 0) is 108 Å². The van der Waals surface area contributed by atoms with E-state index in [4.69, 9.17) is 9.47 Å². The zero-order valence-electron chi connectivity index (χ0n) is 41.4. The van der Waals surface area contributed by atoms with Crippen LogP contribution < -0.4 is 0 Å². The summed E-state index contributed by atoms with van der Waals surface area (Å²) in [7, 11) is 3.97. The summed E-state index contributed by atoms with van der Waals surface area (Å²) in [6, 6.07) is 0. The standard InChI is InChI=1S/C56H103NO4/c1-6-9-12-14-20-27-33-47-44-49(47)35-29-22-16-18-24-31-37-52(38-32-25-19-17-23-30-36-50-45-48(50)34-28-21-15-13-10-7-2)60-56(59)46-51-40-41-54(53(51)39-26-11-8-3)61-55(58)42-43-57(4)5/h11,26,47-54H,6-10,12-25,27-46H2,1-5H3/b26-11-. The number of carbonyl (C=O) groups is 2. The summed E-state index contributed by atoms with van der Waals surface area (Å²) in [6.45, 7) is 7.46. The molecule has 0 aromatic rings. The van der Waals surface area contributed by atoms with Crippen LogP contribution in [0.15, 0.2) is 12.2 Å². The molecule has 356 valence electrons. The minimum absolute atomic E-state index is 0.0243. The topological polar surface area (TPSA) is 55.8 Å². The molecular formula is C56H103NO4. The van der Waals surface area contributed by atoms with Crippen LogP contribution >= 0.6 is 0 Å². The summed E-state index contributed by atoms with van der Waals surface area (Å²) in [4.78, 5) is 28.4. The van der Waals surface area contributed by atoms with E-state index in [2.05, 4.69) is 32.9 Å². The van der Waals surface area contributed by atoms with E-state index in [0.29, 0.717) is 19.4 Å². The number of carbonyl (C=O) groups excluding carboxylic acids is 2. The molecule has 3 aliphatic rings. The number of unbranched alkanes of at least 4 members (excludes halogenated alkanes) is 20. The van der Waals surface area contributed by atoms with Crippen LogP contribution in [0.2, 0.25) is 0 Å². The molecule has 0 radical (unpaired) electrons. The highest BCUT2D eigenvalue weighted by molar-refractivity contribution is 5.70. The van der Waals surface area contributed by atoms with E-state index >= 15 is 0 Å². The summed E-state index contributed by atoms with van der Waals surface area (Å²) < 4.78 is 12.4. The number of hydrogen-bond acceptors (Lipinski definition) is 5. The minimum Gasteiger partial charge on any atom is -0.462 e. The average Bonchev–Trinajstić information content (AvgIpc) is 4.15. The van der Waals surface area contributed by atoms with Crippen molar-refractivity contribution in [3.05, 3.63) is 12.2 Å². The maximum atomic E-state index is 13.6. The molecule has 0 heterocycles. The zero-order chi connectivity index (χ0) is 43.8. The average molecular weight is 854 g/mol. The predicted octanol–water partition coefficient (Wildman–Crippen LogP) is 16.5. The summed E-state index contributed by atoms with van der Waals surface area (Å²) >= 11 is 0. The third-order valence-corrected chi connectivity index (χ3v) is 15.2. The molecule has 61 heavy (non-hydrogen) atoms. The maximum absolute atomic E-state index is 13.6. The summed E-state index contributed by atoms with van der Waals surface area (Å²) in [6.07, 6.45) is 52.8. The third-order valence-electron chi connectivity index (χ3n) is 15.2. The Morgan fingerprint density at radius 1 is 0.541 bits per heavy atom. The Hall–Kier alpha value is -1.36. The number of hydrogen-bond donors (Lipinski definition) is 0. The fourth-order valence-corrected chi connectivity index (χ4v) is 10.9. The van der Waals surface area contributed by atoms with Crippen LogP contribution in [-0.2, 0) is 19.1 Å². The highest BCUT2D eigenvalue weighted by atomic mass is 16.5. The Morgan fingerprint density at radius 3 is 1.43 bits per heavy atom. The van der Waals surface area contributed by atoms with Gasteiger partial charge in [-0.15, -0.1) is 0 Å². The molecule has 7 atom stereocenters. The second kappa shape index (κ2) is 35.0. The van der Waals surface area contributed by atoms with Gasteiger partial charge < -0.3 is 14.4 Å². The minimum atomic E-state index is -0.114. The van der Waals surface area contributed by atoms with Crippen LogP contribution in [0.1, 0.15) is 265 Å². The van der Waals surface area contributed by atoms with Gasteiger partial charge in [-0.2, -0.15) is 0 Å². The summed E-state index contributed by atoms with van der Waals surface area (Å²) in [5.41, 5.74) is 0. The molecule has 7 unspecified atom stereocenters. The fourth-order valence-electron chi connectivity index (χ4n) is 10.9. The first kappa shape index (κ1) is 54.0. The first-order valence-corrected chi connectivity index (χ1v) is 27.5. The first-order valence-electron chi connectivity index (χ1n) is 27.5. The van der Waals surface area contributed by atoms with Gasteiger partial charge in [0.15, 0.2) is 0 Å². The Balaban J connectivity index is 1.34. The highest BCUT2D eigenvalue weighted by Gasteiger charge is 2.39. The third kappa shape index (κ3) is 26.9. The number of rotatable bonds is 42. The van der Waals surface area contributed by atoms with Crippen molar-refractivity contribution >= 4 is 11.9 Å². The van der Waals surface area contributed by atoms with Crippen LogP contribution in [0, 0.1) is 35.5 Å². The Kier molecular flexibility index (Phi) is 30.9. The molecule has 0 aromatic heterocycles. The van der Waals surface area contributed by atoms with Crippen molar-refractivity contribution < 1.29 is 19.1 Å². The second-order valence-electron chi connectivity index (χ2n) is 21.0. The predicted molar refractivity (Wildman–Crippen MR) is 261 cm³/mol. The molecule has 5 nitrogen and oxygen atoms in total. The van der Waals surface area contributed by atoms with Crippen molar-refractivity contribution in [2.45, 2.75) is 277 Å². The van der Waals surface area contributed by atoms with E-state index in [9.17, 15) is 9.59 Å². The molecular weight excluding hydrogens is 751 g/mol. The maximum Gasteiger partial charge on any atom is 0.307 e. The van der Waals surface area contributed by atoms with Crippen molar-refractivity contribution in [3.8, 4) is 0 Å². The smallest absolute Gasteiger partial charge is 0.307 e. The SMILES string of the molecule is CC/C=C\CC1C(CC(=O)OC(CCCCCCCCC2CC2CCCCCCCC)CCCCCCCCC2CC2CCCCCCCC)CCC1OC(=O)CCN(C)C. The van der Waals surface area contributed by atoms with E-state index in [1.54, 1.807) is 0 Å². The molecule has 0 aromatic carbocycles. The molecule has 0 saturated heterocycles. The number of esters is 2. The lowest BCUT2D eigenvalue weighted by atomic mass is 9.88. The van der Waals surface area contributed by atoms with Gasteiger partial charge in [-0.1, -0.05) is 200 Å². The van der Waals surface area contributed by atoms with E-state index in [-0.39, 0.29) is 36.0 Å². The monoisotopic (exact) mass is 854 g/mol. The molecule has 0 aliphatic heterocycles.